The maximum atomic E-state index is 5.84. The van der Waals surface area contributed by atoms with E-state index in [-0.39, 0.29) is 0 Å². The SMILES string of the molecule is N[C@H]1C[C@@H](Nc2cc3c(N[C@@H]4CCOC4)nccc3cn2)C1. The van der Waals surface area contributed by atoms with Crippen LogP contribution in [0.1, 0.15) is 19.3 Å². The van der Waals surface area contributed by atoms with E-state index in [4.69, 9.17) is 10.5 Å². The van der Waals surface area contributed by atoms with Crippen molar-refractivity contribution in [1.29, 1.82) is 0 Å². The second kappa shape index (κ2) is 5.70. The number of hydrogen-bond donors (Lipinski definition) is 3. The van der Waals surface area contributed by atoms with Gasteiger partial charge in [-0.05, 0) is 31.4 Å². The fourth-order valence-corrected chi connectivity index (χ4v) is 3.09. The molecule has 1 saturated carbocycles. The summed E-state index contributed by atoms with van der Waals surface area (Å²) in [6.45, 7) is 1.56. The molecule has 0 radical (unpaired) electrons. The van der Waals surface area contributed by atoms with Crippen LogP contribution in [0, 0.1) is 0 Å². The molecule has 6 nitrogen and oxygen atoms in total. The fraction of sp³-hybridized carbons (Fsp3) is 0.500. The summed E-state index contributed by atoms with van der Waals surface area (Å²) >= 11 is 0. The quantitative estimate of drug-likeness (QED) is 0.797. The Labute approximate surface area is 129 Å². The Morgan fingerprint density at radius 3 is 2.86 bits per heavy atom. The van der Waals surface area contributed by atoms with Gasteiger partial charge in [0, 0.05) is 41.9 Å². The van der Waals surface area contributed by atoms with Gasteiger partial charge in [0.25, 0.3) is 0 Å². The lowest BCUT2D eigenvalue weighted by Crippen LogP contribution is -2.44. The van der Waals surface area contributed by atoms with Crippen molar-refractivity contribution in [2.75, 3.05) is 23.8 Å². The van der Waals surface area contributed by atoms with Gasteiger partial charge >= 0.3 is 0 Å². The first-order valence-electron chi connectivity index (χ1n) is 7.89. The lowest BCUT2D eigenvalue weighted by molar-refractivity contribution is 0.195. The number of pyridine rings is 2. The van der Waals surface area contributed by atoms with E-state index in [0.717, 1.165) is 54.9 Å². The number of anilines is 2. The van der Waals surface area contributed by atoms with Crippen LogP contribution in [-0.2, 0) is 4.74 Å². The normalized spacial score (nSPS) is 27.6. The van der Waals surface area contributed by atoms with Gasteiger partial charge in [0.15, 0.2) is 0 Å². The molecule has 3 heterocycles. The molecule has 0 unspecified atom stereocenters. The number of nitrogens with zero attached hydrogens (tertiary/aromatic N) is 2. The summed E-state index contributed by atoms with van der Waals surface area (Å²) in [5, 5.41) is 9.12. The van der Waals surface area contributed by atoms with Gasteiger partial charge in [-0.1, -0.05) is 0 Å². The monoisotopic (exact) mass is 299 g/mol. The van der Waals surface area contributed by atoms with Crippen molar-refractivity contribution in [1.82, 2.24) is 9.97 Å². The van der Waals surface area contributed by atoms with Gasteiger partial charge in [-0.25, -0.2) is 9.97 Å². The topological polar surface area (TPSA) is 85.1 Å². The third-order valence-electron chi connectivity index (χ3n) is 4.44. The van der Waals surface area contributed by atoms with Gasteiger partial charge < -0.3 is 21.1 Å². The molecule has 6 heteroatoms. The molecule has 1 aliphatic heterocycles. The van der Waals surface area contributed by atoms with E-state index >= 15 is 0 Å². The van der Waals surface area contributed by atoms with Crippen LogP contribution in [0.25, 0.3) is 10.8 Å². The Hall–Kier alpha value is -1.92. The predicted octanol–water partition coefficient (Wildman–Crippen LogP) is 1.73. The van der Waals surface area contributed by atoms with Gasteiger partial charge in [-0.15, -0.1) is 0 Å². The van der Waals surface area contributed by atoms with Crippen LogP contribution >= 0.6 is 0 Å². The van der Waals surface area contributed by atoms with Gasteiger partial charge in [0.2, 0.25) is 0 Å². The lowest BCUT2D eigenvalue weighted by Gasteiger charge is -2.33. The summed E-state index contributed by atoms with van der Waals surface area (Å²) in [5.74, 6) is 1.80. The van der Waals surface area contributed by atoms with E-state index < -0.39 is 0 Å². The predicted molar refractivity (Wildman–Crippen MR) is 87.0 cm³/mol. The van der Waals surface area contributed by atoms with E-state index in [1.165, 1.54) is 0 Å². The Bertz CT molecular complexity index is 665. The molecule has 4 N–H and O–H groups in total. The number of rotatable bonds is 4. The van der Waals surface area contributed by atoms with Gasteiger partial charge in [0.05, 0.1) is 12.6 Å². The van der Waals surface area contributed by atoms with Crippen molar-refractivity contribution < 1.29 is 4.74 Å². The number of hydrogen-bond acceptors (Lipinski definition) is 6. The molecule has 1 atom stereocenters. The highest BCUT2D eigenvalue weighted by Crippen LogP contribution is 2.27. The van der Waals surface area contributed by atoms with Crippen LogP contribution in [0.2, 0.25) is 0 Å². The molecule has 0 spiro atoms. The maximum Gasteiger partial charge on any atom is 0.134 e. The van der Waals surface area contributed by atoms with Crippen LogP contribution < -0.4 is 16.4 Å². The maximum absolute atomic E-state index is 5.84. The molecule has 2 aromatic rings. The largest absolute Gasteiger partial charge is 0.379 e. The third kappa shape index (κ3) is 2.71. The summed E-state index contributed by atoms with van der Waals surface area (Å²) in [5.41, 5.74) is 5.84. The van der Waals surface area contributed by atoms with Crippen LogP contribution in [0.5, 0.6) is 0 Å². The van der Waals surface area contributed by atoms with Crippen molar-refractivity contribution >= 4 is 22.4 Å². The second-order valence-corrected chi connectivity index (χ2v) is 6.23. The van der Waals surface area contributed by atoms with Crippen LogP contribution in [-0.4, -0.2) is 41.3 Å². The number of fused-ring (bicyclic) bond motifs is 1. The molecular formula is C16H21N5O. The van der Waals surface area contributed by atoms with Crippen molar-refractivity contribution in [3.8, 4) is 0 Å². The summed E-state index contributed by atoms with van der Waals surface area (Å²) < 4.78 is 5.42. The summed E-state index contributed by atoms with van der Waals surface area (Å²) in [4.78, 5) is 8.99. The number of nitrogens with two attached hydrogens (primary N) is 1. The third-order valence-corrected chi connectivity index (χ3v) is 4.44. The minimum atomic E-state index is 0.333. The van der Waals surface area contributed by atoms with Gasteiger partial charge in [-0.3, -0.25) is 0 Å². The zero-order chi connectivity index (χ0) is 14.9. The van der Waals surface area contributed by atoms with Gasteiger partial charge in [-0.2, -0.15) is 0 Å². The molecule has 116 valence electrons. The minimum absolute atomic E-state index is 0.333. The molecule has 2 aromatic heterocycles. The number of aromatic nitrogens is 2. The average molecular weight is 299 g/mol. The molecular weight excluding hydrogens is 278 g/mol. The highest BCUT2D eigenvalue weighted by molar-refractivity contribution is 5.92. The molecule has 0 aromatic carbocycles. The average Bonchev–Trinajstić information content (AvgIpc) is 2.99. The van der Waals surface area contributed by atoms with Crippen LogP contribution in [0.4, 0.5) is 11.6 Å². The van der Waals surface area contributed by atoms with E-state index in [9.17, 15) is 0 Å². The molecule has 1 aliphatic carbocycles. The highest BCUT2D eigenvalue weighted by atomic mass is 16.5. The standard InChI is InChI=1S/C16H21N5O/c17-11-5-13(6-11)20-15-7-14-10(8-19-15)1-3-18-16(14)21-12-2-4-22-9-12/h1,3,7-8,11-13H,2,4-6,9,17H2,(H,18,21)(H,19,20)/t11-,12-,13+/m1/s1. The van der Waals surface area contributed by atoms with Crippen LogP contribution in [0.15, 0.2) is 24.5 Å². The number of ether oxygens (including phenoxy) is 1. The lowest BCUT2D eigenvalue weighted by atomic mass is 9.88. The molecule has 2 fully saturated rings. The molecule has 4 rings (SSSR count). The molecule has 1 saturated heterocycles. The number of nitrogens with one attached hydrogen (secondary N) is 2. The Morgan fingerprint density at radius 2 is 2.09 bits per heavy atom. The van der Waals surface area contributed by atoms with Gasteiger partial charge in [0.1, 0.15) is 11.6 Å². The zero-order valence-electron chi connectivity index (χ0n) is 12.5. The van der Waals surface area contributed by atoms with Crippen molar-refractivity contribution in [3.63, 3.8) is 0 Å². The zero-order valence-corrected chi connectivity index (χ0v) is 12.5. The van der Waals surface area contributed by atoms with E-state index in [1.54, 1.807) is 0 Å². The summed E-state index contributed by atoms with van der Waals surface area (Å²) in [6.07, 6.45) is 6.76. The Morgan fingerprint density at radius 1 is 1.18 bits per heavy atom. The first-order valence-corrected chi connectivity index (χ1v) is 7.89. The van der Waals surface area contributed by atoms with E-state index in [0.29, 0.717) is 18.1 Å². The Balaban J connectivity index is 1.58. The molecule has 2 aliphatic rings. The first-order chi connectivity index (χ1) is 10.8. The molecule has 22 heavy (non-hydrogen) atoms. The molecule has 0 bridgehead atoms. The fourth-order valence-electron chi connectivity index (χ4n) is 3.09. The first kappa shape index (κ1) is 13.7. The second-order valence-electron chi connectivity index (χ2n) is 6.23. The van der Waals surface area contributed by atoms with Crippen LogP contribution in [0.3, 0.4) is 0 Å². The summed E-state index contributed by atoms with van der Waals surface area (Å²) in [6, 6.07) is 5.18. The highest BCUT2D eigenvalue weighted by Gasteiger charge is 2.26. The van der Waals surface area contributed by atoms with Crippen molar-refractivity contribution in [2.24, 2.45) is 5.73 Å². The Kier molecular flexibility index (Phi) is 3.56. The van der Waals surface area contributed by atoms with E-state index in [1.807, 2.05) is 18.5 Å². The smallest absolute Gasteiger partial charge is 0.134 e. The van der Waals surface area contributed by atoms with E-state index in [2.05, 4.69) is 26.7 Å². The summed E-state index contributed by atoms with van der Waals surface area (Å²) in [7, 11) is 0. The molecule has 0 amide bonds. The minimum Gasteiger partial charge on any atom is -0.379 e. The van der Waals surface area contributed by atoms with Crippen molar-refractivity contribution in [3.05, 3.63) is 24.5 Å². The van der Waals surface area contributed by atoms with Crippen molar-refractivity contribution in [2.45, 2.75) is 37.4 Å².